The summed E-state index contributed by atoms with van der Waals surface area (Å²) in [4.78, 5) is 0. The Balaban J connectivity index is 5.56. The van der Waals surface area contributed by atoms with Gasteiger partial charge in [0.1, 0.15) is 12.3 Å². The van der Waals surface area contributed by atoms with E-state index in [2.05, 4.69) is 4.74 Å². The molecule has 0 saturated carbocycles. The third kappa shape index (κ3) is 9.30. The summed E-state index contributed by atoms with van der Waals surface area (Å²) in [6.45, 7) is 0. The maximum Gasteiger partial charge on any atom is 0.417 e. The average Bonchev–Trinajstić information content (AvgIpc) is 2.19. The lowest BCUT2D eigenvalue weighted by atomic mass is 10.1. The monoisotopic (exact) mass is 410 g/mol. The molecule has 15 heteroatoms. The highest BCUT2D eigenvalue weighted by molar-refractivity contribution is 4.86. The molecule has 0 aliphatic carbocycles. The van der Waals surface area contributed by atoms with Gasteiger partial charge in [-0.3, -0.25) is 0 Å². The van der Waals surface area contributed by atoms with Crippen LogP contribution in [0.15, 0.2) is 0 Å². The summed E-state index contributed by atoms with van der Waals surface area (Å²) in [5.41, 5.74) is 0. The second-order valence-electron chi connectivity index (χ2n) is 4.73. The first kappa shape index (κ1) is 24.0. The minimum absolute atomic E-state index is 2.90. The Hall–Kier alpha value is -1.02. The average molecular weight is 410 g/mol. The first-order valence-electron chi connectivity index (χ1n) is 5.94. The summed E-state index contributed by atoms with van der Waals surface area (Å²) >= 11 is 0. The summed E-state index contributed by atoms with van der Waals surface area (Å²) in [6.07, 6.45) is -46.5. The Labute approximate surface area is 129 Å². The van der Waals surface area contributed by atoms with Crippen molar-refractivity contribution in [2.75, 3.05) is 0 Å². The highest BCUT2D eigenvalue weighted by Gasteiger charge is 2.57. The van der Waals surface area contributed by atoms with Crippen LogP contribution in [0, 0.1) is 0 Å². The van der Waals surface area contributed by atoms with Gasteiger partial charge in [-0.2, -0.15) is 52.7 Å². The van der Waals surface area contributed by atoms with Gasteiger partial charge in [-0.05, 0) is 0 Å². The first-order valence-corrected chi connectivity index (χ1v) is 5.94. The topological polar surface area (TPSA) is 9.23 Å². The number of alkyl halides is 14. The van der Waals surface area contributed by atoms with E-state index in [0.29, 0.717) is 0 Å². The van der Waals surface area contributed by atoms with E-state index in [1.54, 1.807) is 0 Å². The second-order valence-corrected chi connectivity index (χ2v) is 4.73. The Kier molecular flexibility index (Phi) is 7.38. The predicted octanol–water partition coefficient (Wildman–Crippen LogP) is 5.45. The normalized spacial score (nSPS) is 19.4. The van der Waals surface area contributed by atoms with Crippen molar-refractivity contribution in [2.24, 2.45) is 0 Å². The van der Waals surface area contributed by atoms with Gasteiger partial charge in [0.2, 0.25) is 0 Å². The molecule has 0 N–H and O–H groups in total. The standard InChI is InChI=1S/C10H8F14O/c11-3(1-7(13,14)15)5(9(19,20)21)25-6(10(22,23)24)4(12)2-8(16,17)18/h3-6H,1-2H2. The number of hydrogen-bond donors (Lipinski definition) is 0. The quantitative estimate of drug-likeness (QED) is 0.530. The summed E-state index contributed by atoms with van der Waals surface area (Å²) in [5, 5.41) is 0. The molecule has 0 amide bonds. The lowest BCUT2D eigenvalue weighted by molar-refractivity contribution is -0.315. The maximum absolute atomic E-state index is 13.1. The zero-order valence-corrected chi connectivity index (χ0v) is 11.4. The summed E-state index contributed by atoms with van der Waals surface area (Å²) in [6, 6.07) is 0. The van der Waals surface area contributed by atoms with Gasteiger partial charge in [-0.25, -0.2) is 8.78 Å². The molecule has 4 unspecified atom stereocenters. The Morgan fingerprint density at radius 3 is 0.920 bits per heavy atom. The van der Waals surface area contributed by atoms with Crippen molar-refractivity contribution >= 4 is 0 Å². The van der Waals surface area contributed by atoms with E-state index in [9.17, 15) is 61.5 Å². The van der Waals surface area contributed by atoms with E-state index in [4.69, 9.17) is 0 Å². The van der Waals surface area contributed by atoms with E-state index in [1.807, 2.05) is 0 Å². The predicted molar refractivity (Wildman–Crippen MR) is 51.9 cm³/mol. The van der Waals surface area contributed by atoms with Crippen molar-refractivity contribution in [3.63, 3.8) is 0 Å². The summed E-state index contributed by atoms with van der Waals surface area (Å²) in [7, 11) is 0. The fourth-order valence-electron chi connectivity index (χ4n) is 1.55. The van der Waals surface area contributed by atoms with Crippen LogP contribution in [0.3, 0.4) is 0 Å². The molecule has 0 aliphatic rings. The van der Waals surface area contributed by atoms with Crippen LogP contribution >= 0.6 is 0 Å². The fourth-order valence-corrected chi connectivity index (χ4v) is 1.55. The van der Waals surface area contributed by atoms with Gasteiger partial charge in [0.25, 0.3) is 0 Å². The molecule has 25 heavy (non-hydrogen) atoms. The van der Waals surface area contributed by atoms with Crippen LogP contribution in [-0.4, -0.2) is 49.3 Å². The van der Waals surface area contributed by atoms with Crippen molar-refractivity contribution in [1.29, 1.82) is 0 Å². The molecule has 0 aromatic heterocycles. The molecular formula is C10H8F14O. The minimum atomic E-state index is -6.17. The number of halogens is 14. The molecular weight excluding hydrogens is 402 g/mol. The molecule has 0 heterocycles. The van der Waals surface area contributed by atoms with Gasteiger partial charge in [0, 0.05) is 0 Å². The Morgan fingerprint density at radius 2 is 0.760 bits per heavy atom. The first-order chi connectivity index (χ1) is 10.7. The second kappa shape index (κ2) is 7.70. The lowest BCUT2D eigenvalue weighted by Crippen LogP contribution is -2.51. The van der Waals surface area contributed by atoms with Gasteiger partial charge in [0.05, 0.1) is 12.8 Å². The van der Waals surface area contributed by atoms with E-state index < -0.39 is 62.1 Å². The van der Waals surface area contributed by atoms with E-state index >= 15 is 0 Å². The van der Waals surface area contributed by atoms with Crippen LogP contribution in [0.5, 0.6) is 0 Å². The molecule has 0 bridgehead atoms. The van der Waals surface area contributed by atoms with Crippen molar-refractivity contribution in [1.82, 2.24) is 0 Å². The van der Waals surface area contributed by atoms with Crippen LogP contribution in [0.4, 0.5) is 61.5 Å². The molecule has 0 radical (unpaired) electrons. The zero-order valence-electron chi connectivity index (χ0n) is 11.4. The highest BCUT2D eigenvalue weighted by Crippen LogP contribution is 2.39. The fraction of sp³-hybridized carbons (Fsp3) is 1.00. The van der Waals surface area contributed by atoms with Crippen LogP contribution in [0.1, 0.15) is 12.8 Å². The van der Waals surface area contributed by atoms with Crippen LogP contribution in [0.25, 0.3) is 0 Å². The summed E-state index contributed by atoms with van der Waals surface area (Å²) < 4.78 is 175. The molecule has 0 fully saturated rings. The van der Waals surface area contributed by atoms with Gasteiger partial charge < -0.3 is 4.74 Å². The third-order valence-electron chi connectivity index (χ3n) is 2.45. The van der Waals surface area contributed by atoms with Crippen molar-refractivity contribution < 1.29 is 66.2 Å². The minimum Gasteiger partial charge on any atom is -0.350 e. The van der Waals surface area contributed by atoms with Crippen LogP contribution in [0.2, 0.25) is 0 Å². The molecule has 152 valence electrons. The van der Waals surface area contributed by atoms with E-state index in [1.165, 1.54) is 0 Å². The Bertz CT molecular complexity index is 366. The molecule has 0 rings (SSSR count). The van der Waals surface area contributed by atoms with Gasteiger partial charge in [-0.15, -0.1) is 0 Å². The SMILES string of the molecule is FC(CC(F)(F)F)C(OC(C(F)CC(F)(F)F)C(F)(F)F)C(F)(F)F. The van der Waals surface area contributed by atoms with Gasteiger partial charge >= 0.3 is 24.7 Å². The molecule has 4 atom stereocenters. The molecule has 0 aromatic carbocycles. The molecule has 0 spiro atoms. The van der Waals surface area contributed by atoms with Crippen molar-refractivity contribution in [3.05, 3.63) is 0 Å². The van der Waals surface area contributed by atoms with E-state index in [-0.39, 0.29) is 0 Å². The largest absolute Gasteiger partial charge is 0.417 e. The van der Waals surface area contributed by atoms with Crippen LogP contribution in [-0.2, 0) is 4.74 Å². The summed E-state index contributed by atoms with van der Waals surface area (Å²) in [5.74, 6) is 0. The number of ether oxygens (including phenoxy) is 1. The molecule has 0 saturated heterocycles. The maximum atomic E-state index is 13.1. The molecule has 0 aromatic rings. The van der Waals surface area contributed by atoms with Gasteiger partial charge in [-0.1, -0.05) is 0 Å². The van der Waals surface area contributed by atoms with Crippen molar-refractivity contribution in [3.8, 4) is 0 Å². The number of hydrogen-bond acceptors (Lipinski definition) is 1. The zero-order chi connectivity index (χ0) is 20.4. The molecule has 0 aliphatic heterocycles. The third-order valence-corrected chi connectivity index (χ3v) is 2.45. The number of rotatable bonds is 6. The van der Waals surface area contributed by atoms with Crippen molar-refractivity contribution in [2.45, 2.75) is 62.1 Å². The smallest absolute Gasteiger partial charge is 0.350 e. The molecule has 1 nitrogen and oxygen atoms in total. The lowest BCUT2D eigenvalue weighted by Gasteiger charge is -2.31. The van der Waals surface area contributed by atoms with Gasteiger partial charge in [0.15, 0.2) is 12.2 Å². The highest BCUT2D eigenvalue weighted by atomic mass is 19.4. The Morgan fingerprint density at radius 1 is 0.520 bits per heavy atom. The van der Waals surface area contributed by atoms with E-state index in [0.717, 1.165) is 0 Å². The van der Waals surface area contributed by atoms with Crippen LogP contribution < -0.4 is 0 Å².